The van der Waals surface area contributed by atoms with Crippen molar-refractivity contribution >= 4 is 17.1 Å². The normalized spacial score (nSPS) is 28.0. The smallest absolute Gasteiger partial charge is 0.137 e. The Morgan fingerprint density at radius 1 is 1.29 bits per heavy atom. The highest BCUT2D eigenvalue weighted by Gasteiger charge is 2.35. The molecule has 2 heterocycles. The van der Waals surface area contributed by atoms with Crippen LogP contribution >= 0.6 is 11.3 Å². The first-order valence-corrected chi connectivity index (χ1v) is 9.36. The summed E-state index contributed by atoms with van der Waals surface area (Å²) < 4.78 is 0. The Labute approximate surface area is 131 Å². The van der Waals surface area contributed by atoms with Crippen LogP contribution in [0.1, 0.15) is 62.6 Å². The van der Waals surface area contributed by atoms with E-state index in [4.69, 9.17) is 4.98 Å². The molecule has 2 unspecified atom stereocenters. The summed E-state index contributed by atoms with van der Waals surface area (Å²) in [5.74, 6) is 0.814. The van der Waals surface area contributed by atoms with Gasteiger partial charge in [0.1, 0.15) is 5.78 Å². The Balaban J connectivity index is 1.70. The Bertz CT molecular complexity index is 485. The molecule has 0 amide bonds. The van der Waals surface area contributed by atoms with Crippen LogP contribution in [0.3, 0.4) is 0 Å². The third-order valence-corrected chi connectivity index (χ3v) is 6.04. The maximum atomic E-state index is 12.3. The topological polar surface area (TPSA) is 33.2 Å². The third kappa shape index (κ3) is 3.54. The van der Waals surface area contributed by atoms with Gasteiger partial charge in [-0.2, -0.15) is 0 Å². The number of nitrogens with zero attached hydrogens (tertiary/aromatic N) is 2. The highest BCUT2D eigenvalue weighted by Crippen LogP contribution is 2.32. The quantitative estimate of drug-likeness (QED) is 0.848. The van der Waals surface area contributed by atoms with Gasteiger partial charge in [-0.15, -0.1) is 11.3 Å². The zero-order valence-corrected chi connectivity index (χ0v) is 13.8. The van der Waals surface area contributed by atoms with Gasteiger partial charge in [0.2, 0.25) is 0 Å². The van der Waals surface area contributed by atoms with Crippen LogP contribution in [0.4, 0.5) is 0 Å². The van der Waals surface area contributed by atoms with Crippen molar-refractivity contribution in [3.8, 4) is 0 Å². The van der Waals surface area contributed by atoms with Crippen LogP contribution in [-0.2, 0) is 17.8 Å². The molecular weight excluding hydrogens is 280 g/mol. The second-order valence-corrected chi connectivity index (χ2v) is 7.38. The summed E-state index contributed by atoms with van der Waals surface area (Å²) in [6.07, 6.45) is 9.02. The average molecular weight is 306 g/mol. The number of hydrogen-bond donors (Lipinski definition) is 0. The predicted octanol–water partition coefficient (Wildman–Crippen LogP) is 3.82. The average Bonchev–Trinajstić information content (AvgIpc) is 2.96. The van der Waals surface area contributed by atoms with E-state index in [1.807, 2.05) is 0 Å². The van der Waals surface area contributed by atoms with Crippen molar-refractivity contribution in [3.63, 3.8) is 0 Å². The van der Waals surface area contributed by atoms with E-state index in [9.17, 15) is 4.79 Å². The van der Waals surface area contributed by atoms with Crippen molar-refractivity contribution in [1.82, 2.24) is 9.88 Å². The monoisotopic (exact) mass is 306 g/mol. The molecule has 0 radical (unpaired) electrons. The zero-order valence-electron chi connectivity index (χ0n) is 13.0. The van der Waals surface area contributed by atoms with Crippen LogP contribution in [0.5, 0.6) is 0 Å². The van der Waals surface area contributed by atoms with E-state index < -0.39 is 0 Å². The Morgan fingerprint density at radius 2 is 2.14 bits per heavy atom. The summed E-state index contributed by atoms with van der Waals surface area (Å²) in [5, 5.41) is 3.43. The van der Waals surface area contributed by atoms with Gasteiger partial charge in [-0.1, -0.05) is 19.8 Å². The van der Waals surface area contributed by atoms with Crippen LogP contribution in [-0.4, -0.2) is 28.3 Å². The minimum absolute atomic E-state index is 0.295. The number of aryl methyl sites for hydroxylation is 1. The summed E-state index contributed by atoms with van der Waals surface area (Å²) in [7, 11) is 0. The highest BCUT2D eigenvalue weighted by molar-refractivity contribution is 7.09. The summed E-state index contributed by atoms with van der Waals surface area (Å²) in [4.78, 5) is 19.6. The molecular formula is C17H26N2OS. The molecule has 116 valence electrons. The second kappa shape index (κ2) is 7.01. The molecule has 4 heteroatoms. The second-order valence-electron chi connectivity index (χ2n) is 6.44. The van der Waals surface area contributed by atoms with Gasteiger partial charge in [0.05, 0.1) is 10.7 Å². The molecule has 0 bridgehead atoms. The van der Waals surface area contributed by atoms with Gasteiger partial charge < -0.3 is 0 Å². The van der Waals surface area contributed by atoms with Crippen LogP contribution < -0.4 is 0 Å². The summed E-state index contributed by atoms with van der Waals surface area (Å²) in [5.41, 5.74) is 1.20. The molecule has 2 fully saturated rings. The molecule has 0 spiro atoms. The molecule has 3 rings (SSSR count). The molecule has 1 saturated carbocycles. The van der Waals surface area contributed by atoms with Gasteiger partial charge in [-0.05, 0) is 38.6 Å². The van der Waals surface area contributed by atoms with E-state index in [0.717, 1.165) is 38.8 Å². The number of hydrogen-bond acceptors (Lipinski definition) is 4. The van der Waals surface area contributed by atoms with Gasteiger partial charge in [0.15, 0.2) is 0 Å². The number of likely N-dealkylation sites (tertiary alicyclic amines) is 1. The molecule has 1 aliphatic carbocycles. The lowest BCUT2D eigenvalue weighted by molar-refractivity contribution is -0.127. The SMILES string of the molecule is CCc1nc(CN2CCCCC2C2CCCCC2=O)cs1. The van der Waals surface area contributed by atoms with Gasteiger partial charge in [-0.25, -0.2) is 4.98 Å². The maximum Gasteiger partial charge on any atom is 0.137 e. The number of Topliss-reactive ketones (excluding diaryl/α,β-unsaturated/α-hetero) is 1. The Hall–Kier alpha value is -0.740. The van der Waals surface area contributed by atoms with Crippen molar-refractivity contribution in [2.45, 2.75) is 70.9 Å². The number of carbonyl (C=O) groups is 1. The fraction of sp³-hybridized carbons (Fsp3) is 0.765. The van der Waals surface area contributed by atoms with E-state index in [0.29, 0.717) is 17.7 Å². The Morgan fingerprint density at radius 3 is 2.90 bits per heavy atom. The third-order valence-electron chi connectivity index (χ3n) is 5.00. The number of thiazole rings is 1. The maximum absolute atomic E-state index is 12.3. The molecule has 3 nitrogen and oxygen atoms in total. The Kier molecular flexibility index (Phi) is 5.07. The van der Waals surface area contributed by atoms with Crippen molar-refractivity contribution in [1.29, 1.82) is 0 Å². The molecule has 1 aromatic heterocycles. The summed E-state index contributed by atoms with van der Waals surface area (Å²) >= 11 is 1.77. The largest absolute Gasteiger partial charge is 0.299 e. The molecule has 2 aliphatic rings. The first-order valence-electron chi connectivity index (χ1n) is 8.48. The van der Waals surface area contributed by atoms with Gasteiger partial charge in [-0.3, -0.25) is 9.69 Å². The zero-order chi connectivity index (χ0) is 14.7. The molecule has 2 atom stereocenters. The van der Waals surface area contributed by atoms with Crippen LogP contribution in [0, 0.1) is 5.92 Å². The number of ketones is 1. The lowest BCUT2D eigenvalue weighted by atomic mass is 9.79. The van der Waals surface area contributed by atoms with Crippen molar-refractivity contribution in [2.75, 3.05) is 6.54 Å². The molecule has 1 aromatic rings. The lowest BCUT2D eigenvalue weighted by Gasteiger charge is -2.40. The van der Waals surface area contributed by atoms with Crippen LogP contribution in [0.15, 0.2) is 5.38 Å². The summed E-state index contributed by atoms with van der Waals surface area (Å²) in [6, 6.07) is 0.471. The van der Waals surface area contributed by atoms with Gasteiger partial charge >= 0.3 is 0 Å². The highest BCUT2D eigenvalue weighted by atomic mass is 32.1. The number of aromatic nitrogens is 1. The van der Waals surface area contributed by atoms with E-state index in [1.54, 1.807) is 11.3 Å². The number of piperidine rings is 1. The van der Waals surface area contributed by atoms with Gasteiger partial charge in [0, 0.05) is 30.3 Å². The lowest BCUT2D eigenvalue weighted by Crippen LogP contribution is -2.47. The minimum Gasteiger partial charge on any atom is -0.299 e. The van der Waals surface area contributed by atoms with E-state index in [-0.39, 0.29) is 0 Å². The fourth-order valence-corrected chi connectivity index (χ4v) is 4.61. The molecule has 0 N–H and O–H groups in total. The van der Waals surface area contributed by atoms with Crippen molar-refractivity contribution in [2.24, 2.45) is 5.92 Å². The van der Waals surface area contributed by atoms with E-state index >= 15 is 0 Å². The molecule has 21 heavy (non-hydrogen) atoms. The first kappa shape index (κ1) is 15.2. The minimum atomic E-state index is 0.295. The number of rotatable bonds is 4. The standard InChI is InChI=1S/C17H26N2OS/c1-2-17-18-13(12-21-17)11-19-10-6-5-8-15(19)14-7-3-4-9-16(14)20/h12,14-15H,2-11H2,1H3. The first-order chi connectivity index (χ1) is 10.3. The van der Waals surface area contributed by atoms with Crippen LogP contribution in [0.2, 0.25) is 0 Å². The van der Waals surface area contributed by atoms with E-state index in [1.165, 1.54) is 36.4 Å². The fourth-order valence-electron chi connectivity index (χ4n) is 3.88. The van der Waals surface area contributed by atoms with Gasteiger partial charge in [0.25, 0.3) is 0 Å². The van der Waals surface area contributed by atoms with Crippen LogP contribution in [0.25, 0.3) is 0 Å². The van der Waals surface area contributed by atoms with E-state index in [2.05, 4.69) is 17.2 Å². The molecule has 1 aliphatic heterocycles. The van der Waals surface area contributed by atoms with Crippen molar-refractivity contribution in [3.05, 3.63) is 16.1 Å². The molecule has 0 aromatic carbocycles. The molecule has 1 saturated heterocycles. The summed E-state index contributed by atoms with van der Waals surface area (Å²) in [6.45, 7) is 4.23. The number of carbonyl (C=O) groups excluding carboxylic acids is 1. The predicted molar refractivity (Wildman–Crippen MR) is 86.5 cm³/mol. The van der Waals surface area contributed by atoms with Crippen molar-refractivity contribution < 1.29 is 4.79 Å².